The van der Waals surface area contributed by atoms with E-state index in [1.54, 1.807) is 18.5 Å². The number of nitrogens with zero attached hydrogens (tertiary/aromatic N) is 5. The van der Waals surface area contributed by atoms with E-state index in [9.17, 15) is 8.76 Å². The number of morpholine rings is 2. The topological polar surface area (TPSA) is 104 Å². The van der Waals surface area contributed by atoms with Crippen LogP contribution in [0.25, 0.3) is 11.3 Å². The molecule has 0 aliphatic carbocycles. The molecule has 2 aromatic heterocycles. The lowest BCUT2D eigenvalue weighted by Crippen LogP contribution is -2.39. The van der Waals surface area contributed by atoms with Crippen LogP contribution in [0.1, 0.15) is 5.56 Å². The smallest absolute Gasteiger partial charge is 0.228 e. The average molecular weight is 404 g/mol. The summed E-state index contributed by atoms with van der Waals surface area (Å²) in [5, 5.41) is 0. The molecular weight excluding hydrogens is 382 g/mol. The predicted octanol–water partition coefficient (Wildman–Crippen LogP) is 0.591. The van der Waals surface area contributed by atoms with E-state index in [4.69, 9.17) is 19.4 Å². The highest BCUT2D eigenvalue weighted by Gasteiger charge is 2.21. The molecule has 0 spiro atoms. The van der Waals surface area contributed by atoms with Gasteiger partial charge in [-0.25, -0.2) is 4.98 Å². The van der Waals surface area contributed by atoms with E-state index < -0.39 is 11.1 Å². The van der Waals surface area contributed by atoms with Gasteiger partial charge in [0.25, 0.3) is 0 Å². The first-order chi connectivity index (χ1) is 13.7. The van der Waals surface area contributed by atoms with Crippen molar-refractivity contribution in [3.05, 3.63) is 30.1 Å². The largest absolute Gasteiger partial charge is 0.772 e. The third kappa shape index (κ3) is 4.46. The molecule has 10 heteroatoms. The van der Waals surface area contributed by atoms with E-state index in [-0.39, 0.29) is 5.75 Å². The Morgan fingerprint density at radius 3 is 2.39 bits per heavy atom. The molecular formula is C18H22N5O4S-. The van der Waals surface area contributed by atoms with Crippen LogP contribution in [0.5, 0.6) is 0 Å². The monoisotopic (exact) mass is 404 g/mol. The second-order valence-electron chi connectivity index (χ2n) is 6.59. The summed E-state index contributed by atoms with van der Waals surface area (Å²) in [7, 11) is 0. The maximum absolute atomic E-state index is 11.3. The van der Waals surface area contributed by atoms with Crippen LogP contribution < -0.4 is 9.80 Å². The minimum absolute atomic E-state index is 0.0817. The Kier molecular flexibility index (Phi) is 6.10. The van der Waals surface area contributed by atoms with Crippen LogP contribution in [0.3, 0.4) is 0 Å². The number of hydrogen-bond donors (Lipinski definition) is 0. The summed E-state index contributed by atoms with van der Waals surface area (Å²) < 4.78 is 33.5. The van der Waals surface area contributed by atoms with E-state index in [0.29, 0.717) is 49.2 Å². The molecule has 2 aliphatic heterocycles. The Morgan fingerprint density at radius 2 is 1.71 bits per heavy atom. The first-order valence-corrected chi connectivity index (χ1v) is 10.5. The highest BCUT2D eigenvalue weighted by Crippen LogP contribution is 2.28. The Morgan fingerprint density at radius 1 is 1.04 bits per heavy atom. The lowest BCUT2D eigenvalue weighted by Gasteiger charge is -2.31. The molecule has 0 N–H and O–H groups in total. The summed E-state index contributed by atoms with van der Waals surface area (Å²) in [6.45, 7) is 5.51. The van der Waals surface area contributed by atoms with E-state index in [0.717, 1.165) is 32.0 Å². The molecule has 0 amide bonds. The van der Waals surface area contributed by atoms with Crippen LogP contribution in [-0.2, 0) is 26.3 Å². The molecule has 4 heterocycles. The summed E-state index contributed by atoms with van der Waals surface area (Å²) >= 11 is -2.19. The van der Waals surface area contributed by atoms with Crippen molar-refractivity contribution in [2.75, 3.05) is 62.4 Å². The quantitative estimate of drug-likeness (QED) is 0.662. The van der Waals surface area contributed by atoms with E-state index in [1.165, 1.54) is 0 Å². The molecule has 2 saturated heterocycles. The zero-order valence-corrected chi connectivity index (χ0v) is 16.3. The van der Waals surface area contributed by atoms with E-state index in [1.807, 2.05) is 6.07 Å². The zero-order chi connectivity index (χ0) is 19.3. The Labute approximate surface area is 166 Å². The SMILES string of the molecule is O=S([O-])Cc1ccncc1-c1cc(N2CCOCC2)nc(N2CCOCC2)n1. The van der Waals surface area contributed by atoms with Crippen LogP contribution in [0.2, 0.25) is 0 Å². The van der Waals surface area contributed by atoms with Crippen LogP contribution in [0.4, 0.5) is 11.8 Å². The summed E-state index contributed by atoms with van der Waals surface area (Å²) in [4.78, 5) is 18.0. The highest BCUT2D eigenvalue weighted by molar-refractivity contribution is 7.78. The van der Waals surface area contributed by atoms with Crippen LogP contribution in [0, 0.1) is 0 Å². The van der Waals surface area contributed by atoms with Gasteiger partial charge < -0.3 is 23.8 Å². The number of hydrogen-bond acceptors (Lipinski definition) is 9. The summed E-state index contributed by atoms with van der Waals surface area (Å²) in [6.07, 6.45) is 3.26. The number of aromatic nitrogens is 3. The predicted molar refractivity (Wildman–Crippen MR) is 104 cm³/mol. The molecule has 9 nitrogen and oxygen atoms in total. The molecule has 2 fully saturated rings. The van der Waals surface area contributed by atoms with Gasteiger partial charge in [-0.2, -0.15) is 4.98 Å². The third-order valence-electron chi connectivity index (χ3n) is 4.79. The molecule has 1 atom stereocenters. The van der Waals surface area contributed by atoms with Crippen LogP contribution in [0.15, 0.2) is 24.5 Å². The van der Waals surface area contributed by atoms with E-state index in [2.05, 4.69) is 14.8 Å². The molecule has 0 bridgehead atoms. The van der Waals surface area contributed by atoms with Crippen LogP contribution in [-0.4, -0.2) is 76.3 Å². The lowest BCUT2D eigenvalue weighted by molar-refractivity contribution is 0.121. The van der Waals surface area contributed by atoms with Gasteiger partial charge in [0.1, 0.15) is 5.82 Å². The van der Waals surface area contributed by atoms with Crippen molar-refractivity contribution in [1.29, 1.82) is 0 Å². The zero-order valence-electron chi connectivity index (χ0n) is 15.5. The van der Waals surface area contributed by atoms with Gasteiger partial charge in [-0.3, -0.25) is 9.19 Å². The lowest BCUT2D eigenvalue weighted by atomic mass is 10.1. The molecule has 4 rings (SSSR count). The van der Waals surface area contributed by atoms with Gasteiger partial charge in [0.15, 0.2) is 0 Å². The Hall–Kier alpha value is -2.14. The van der Waals surface area contributed by atoms with Crippen molar-refractivity contribution in [3.63, 3.8) is 0 Å². The second kappa shape index (κ2) is 8.91. The molecule has 0 aromatic carbocycles. The fourth-order valence-corrected chi connectivity index (χ4v) is 3.83. The first kappa shape index (κ1) is 19.2. The minimum atomic E-state index is -2.19. The van der Waals surface area contributed by atoms with Gasteiger partial charge >= 0.3 is 0 Å². The summed E-state index contributed by atoms with van der Waals surface area (Å²) in [6, 6.07) is 3.62. The fourth-order valence-electron chi connectivity index (χ4n) is 3.33. The summed E-state index contributed by atoms with van der Waals surface area (Å²) in [5.74, 6) is 1.36. The van der Waals surface area contributed by atoms with E-state index >= 15 is 0 Å². The Balaban J connectivity index is 1.76. The van der Waals surface area contributed by atoms with Crippen LogP contribution >= 0.6 is 0 Å². The number of rotatable bonds is 5. The third-order valence-corrected chi connectivity index (χ3v) is 5.34. The van der Waals surface area contributed by atoms with Gasteiger partial charge in [-0.05, 0) is 11.6 Å². The number of ether oxygens (including phenoxy) is 2. The van der Waals surface area contributed by atoms with Gasteiger partial charge in [-0.15, -0.1) is 0 Å². The van der Waals surface area contributed by atoms with Crippen molar-refractivity contribution in [2.24, 2.45) is 0 Å². The highest BCUT2D eigenvalue weighted by atomic mass is 32.2. The molecule has 0 radical (unpaired) electrons. The maximum atomic E-state index is 11.3. The van der Waals surface area contributed by atoms with Gasteiger partial charge in [0.05, 0.1) is 32.1 Å². The number of pyridine rings is 1. The van der Waals surface area contributed by atoms with Gasteiger partial charge in [0.2, 0.25) is 5.95 Å². The maximum Gasteiger partial charge on any atom is 0.228 e. The molecule has 28 heavy (non-hydrogen) atoms. The molecule has 2 aromatic rings. The standard InChI is InChI=1S/C18H23N5O4S/c24-28(25)13-14-1-2-19-12-15(14)16-11-17(22-3-7-26-8-4-22)21-18(20-16)23-5-9-27-10-6-23/h1-2,11-12H,3-10,13H2,(H,24,25)/p-1. The average Bonchev–Trinajstić information content (AvgIpc) is 2.75. The first-order valence-electron chi connectivity index (χ1n) is 9.24. The van der Waals surface area contributed by atoms with Crippen molar-refractivity contribution in [1.82, 2.24) is 15.0 Å². The van der Waals surface area contributed by atoms with Gasteiger partial charge in [-0.1, -0.05) is 11.1 Å². The van der Waals surface area contributed by atoms with Crippen molar-refractivity contribution >= 4 is 22.8 Å². The normalized spacial score (nSPS) is 18.9. The molecule has 1 unspecified atom stereocenters. The van der Waals surface area contributed by atoms with Gasteiger partial charge in [0, 0.05) is 56.0 Å². The molecule has 0 saturated carbocycles. The van der Waals surface area contributed by atoms with Crippen molar-refractivity contribution in [2.45, 2.75) is 5.75 Å². The second-order valence-corrected chi connectivity index (χ2v) is 7.49. The molecule has 2 aliphatic rings. The fraction of sp³-hybridized carbons (Fsp3) is 0.500. The summed E-state index contributed by atoms with van der Waals surface area (Å²) in [5.41, 5.74) is 2.05. The minimum Gasteiger partial charge on any atom is -0.772 e. The molecule has 150 valence electrons. The Bertz CT molecular complexity index is 804. The number of anilines is 2. The van der Waals surface area contributed by atoms with Crippen molar-refractivity contribution in [3.8, 4) is 11.3 Å². The van der Waals surface area contributed by atoms with Crippen molar-refractivity contribution < 1.29 is 18.2 Å².